The Morgan fingerprint density at radius 1 is 1.33 bits per heavy atom. The van der Waals surface area contributed by atoms with Crippen molar-refractivity contribution in [2.45, 2.75) is 13.8 Å². The SMILES string of the molecule is COc1ccc(/C=C(/C(C)C)[N+](=O)[O-])c(OC)c1. The third-order valence-corrected chi connectivity index (χ3v) is 2.55. The van der Waals surface area contributed by atoms with Gasteiger partial charge >= 0.3 is 0 Å². The fourth-order valence-corrected chi connectivity index (χ4v) is 1.53. The highest BCUT2D eigenvalue weighted by atomic mass is 16.6. The molecule has 0 saturated carbocycles. The molecule has 1 rings (SSSR count). The lowest BCUT2D eigenvalue weighted by Gasteiger charge is -2.08. The molecule has 0 aliphatic rings. The zero-order valence-electron chi connectivity index (χ0n) is 11.0. The number of nitro groups is 1. The number of methoxy groups -OCH3 is 2. The van der Waals surface area contributed by atoms with Crippen LogP contribution in [0.3, 0.4) is 0 Å². The fourth-order valence-electron chi connectivity index (χ4n) is 1.53. The molecule has 0 aromatic heterocycles. The Kier molecular flexibility index (Phi) is 4.71. The lowest BCUT2D eigenvalue weighted by atomic mass is 10.1. The summed E-state index contributed by atoms with van der Waals surface area (Å²) < 4.78 is 10.3. The summed E-state index contributed by atoms with van der Waals surface area (Å²) in [5.41, 5.74) is 0.817. The molecule has 5 nitrogen and oxygen atoms in total. The Morgan fingerprint density at radius 2 is 2.00 bits per heavy atom. The molecule has 0 unspecified atom stereocenters. The number of nitrogens with zero attached hydrogens (tertiary/aromatic N) is 1. The summed E-state index contributed by atoms with van der Waals surface area (Å²) in [6, 6.07) is 5.18. The fraction of sp³-hybridized carbons (Fsp3) is 0.385. The number of hydrogen-bond acceptors (Lipinski definition) is 4. The van der Waals surface area contributed by atoms with Crippen LogP contribution >= 0.6 is 0 Å². The smallest absolute Gasteiger partial charge is 0.249 e. The van der Waals surface area contributed by atoms with E-state index in [1.165, 1.54) is 13.2 Å². The molecule has 0 aliphatic heterocycles. The van der Waals surface area contributed by atoms with Crippen LogP contribution in [0.15, 0.2) is 23.9 Å². The lowest BCUT2D eigenvalue weighted by molar-refractivity contribution is -0.431. The molecule has 98 valence electrons. The van der Waals surface area contributed by atoms with Gasteiger partial charge in [-0.05, 0) is 12.1 Å². The highest BCUT2D eigenvalue weighted by Crippen LogP contribution is 2.27. The van der Waals surface area contributed by atoms with Gasteiger partial charge in [0.25, 0.3) is 0 Å². The molecule has 0 radical (unpaired) electrons. The van der Waals surface area contributed by atoms with E-state index in [1.807, 2.05) is 0 Å². The normalized spacial score (nSPS) is 11.5. The van der Waals surface area contributed by atoms with Gasteiger partial charge in [0, 0.05) is 23.6 Å². The van der Waals surface area contributed by atoms with Crippen molar-refractivity contribution in [1.82, 2.24) is 0 Å². The molecule has 0 N–H and O–H groups in total. The van der Waals surface area contributed by atoms with Gasteiger partial charge in [-0.25, -0.2) is 0 Å². The summed E-state index contributed by atoms with van der Waals surface area (Å²) >= 11 is 0. The van der Waals surface area contributed by atoms with Gasteiger partial charge in [0.05, 0.1) is 19.1 Å². The Bertz CT molecular complexity index is 466. The second kappa shape index (κ2) is 6.05. The summed E-state index contributed by atoms with van der Waals surface area (Å²) in [5, 5.41) is 10.9. The zero-order chi connectivity index (χ0) is 13.7. The van der Waals surface area contributed by atoms with Crippen LogP contribution in [0.1, 0.15) is 19.4 Å². The molecule has 0 atom stereocenters. The van der Waals surface area contributed by atoms with E-state index in [9.17, 15) is 10.1 Å². The van der Waals surface area contributed by atoms with E-state index >= 15 is 0 Å². The molecule has 0 bridgehead atoms. The summed E-state index contributed by atoms with van der Waals surface area (Å²) in [6.45, 7) is 3.56. The minimum absolute atomic E-state index is 0.151. The Balaban J connectivity index is 3.24. The van der Waals surface area contributed by atoms with Gasteiger partial charge in [-0.1, -0.05) is 13.8 Å². The molecule has 0 spiro atoms. The topological polar surface area (TPSA) is 61.6 Å². The lowest BCUT2D eigenvalue weighted by Crippen LogP contribution is -2.05. The average Bonchev–Trinajstić information content (AvgIpc) is 2.34. The maximum atomic E-state index is 10.9. The highest BCUT2D eigenvalue weighted by Gasteiger charge is 2.17. The quantitative estimate of drug-likeness (QED) is 0.596. The van der Waals surface area contributed by atoms with Crippen molar-refractivity contribution in [3.63, 3.8) is 0 Å². The monoisotopic (exact) mass is 251 g/mol. The van der Waals surface area contributed by atoms with Crippen LogP contribution in [0, 0.1) is 16.0 Å². The number of rotatable bonds is 5. The van der Waals surface area contributed by atoms with Crippen molar-refractivity contribution >= 4 is 6.08 Å². The van der Waals surface area contributed by atoms with E-state index in [4.69, 9.17) is 9.47 Å². The van der Waals surface area contributed by atoms with E-state index in [0.717, 1.165) is 0 Å². The van der Waals surface area contributed by atoms with Crippen LogP contribution in [0.2, 0.25) is 0 Å². The predicted octanol–water partition coefficient (Wildman–Crippen LogP) is 2.98. The van der Waals surface area contributed by atoms with Gasteiger partial charge in [0.2, 0.25) is 5.70 Å². The number of benzene rings is 1. The van der Waals surface area contributed by atoms with Gasteiger partial charge in [-0.2, -0.15) is 0 Å². The van der Waals surface area contributed by atoms with Crippen LogP contribution in [0.4, 0.5) is 0 Å². The van der Waals surface area contributed by atoms with Crippen LogP contribution in [0.5, 0.6) is 11.5 Å². The van der Waals surface area contributed by atoms with Crippen molar-refractivity contribution < 1.29 is 14.4 Å². The number of allylic oxidation sites excluding steroid dienone is 1. The van der Waals surface area contributed by atoms with E-state index in [0.29, 0.717) is 17.1 Å². The summed E-state index contributed by atoms with van der Waals surface area (Å²) in [6.07, 6.45) is 1.53. The Labute approximate surface area is 106 Å². The molecule has 0 fully saturated rings. The van der Waals surface area contributed by atoms with E-state index < -0.39 is 0 Å². The molecule has 1 aromatic carbocycles. The zero-order valence-corrected chi connectivity index (χ0v) is 11.0. The first-order chi connectivity index (χ1) is 8.49. The van der Waals surface area contributed by atoms with Gasteiger partial charge in [-0.3, -0.25) is 10.1 Å². The molecule has 0 aliphatic carbocycles. The number of ether oxygens (including phenoxy) is 2. The first-order valence-electron chi connectivity index (χ1n) is 5.57. The summed E-state index contributed by atoms with van der Waals surface area (Å²) in [5.74, 6) is 1.04. The molecule has 0 saturated heterocycles. The van der Waals surface area contributed by atoms with Gasteiger partial charge in [-0.15, -0.1) is 0 Å². The second-order valence-corrected chi connectivity index (χ2v) is 4.09. The van der Waals surface area contributed by atoms with Crippen LogP contribution in [-0.2, 0) is 0 Å². The Morgan fingerprint density at radius 3 is 2.44 bits per heavy atom. The molecule has 0 heterocycles. The minimum atomic E-state index is -0.367. The minimum Gasteiger partial charge on any atom is -0.497 e. The van der Waals surface area contributed by atoms with Crippen molar-refractivity contribution in [3.05, 3.63) is 39.6 Å². The third kappa shape index (κ3) is 3.23. The molecule has 5 heteroatoms. The van der Waals surface area contributed by atoms with Crippen LogP contribution < -0.4 is 9.47 Å². The largest absolute Gasteiger partial charge is 0.497 e. The standard InChI is InChI=1S/C13H17NO4/c1-9(2)12(14(15)16)7-10-5-6-11(17-3)8-13(10)18-4/h5-9H,1-4H3/b12-7-. The van der Waals surface area contributed by atoms with E-state index in [1.54, 1.807) is 39.2 Å². The van der Waals surface area contributed by atoms with Crippen LogP contribution in [-0.4, -0.2) is 19.1 Å². The molecule has 18 heavy (non-hydrogen) atoms. The second-order valence-electron chi connectivity index (χ2n) is 4.09. The average molecular weight is 251 g/mol. The molecular formula is C13H17NO4. The highest BCUT2D eigenvalue weighted by molar-refractivity contribution is 5.60. The van der Waals surface area contributed by atoms with Crippen LogP contribution in [0.25, 0.3) is 6.08 Å². The summed E-state index contributed by atoms with van der Waals surface area (Å²) in [4.78, 5) is 10.6. The van der Waals surface area contributed by atoms with Gasteiger partial charge in [0.15, 0.2) is 0 Å². The summed E-state index contributed by atoms with van der Waals surface area (Å²) in [7, 11) is 3.08. The molecule has 1 aromatic rings. The molecule has 0 amide bonds. The van der Waals surface area contributed by atoms with Gasteiger partial charge < -0.3 is 9.47 Å². The predicted molar refractivity (Wildman–Crippen MR) is 69.4 cm³/mol. The first-order valence-corrected chi connectivity index (χ1v) is 5.57. The van der Waals surface area contributed by atoms with E-state index in [2.05, 4.69) is 0 Å². The van der Waals surface area contributed by atoms with Gasteiger partial charge in [0.1, 0.15) is 11.5 Å². The van der Waals surface area contributed by atoms with Crippen molar-refractivity contribution in [1.29, 1.82) is 0 Å². The van der Waals surface area contributed by atoms with E-state index in [-0.39, 0.29) is 16.5 Å². The van der Waals surface area contributed by atoms with Crippen molar-refractivity contribution in [2.75, 3.05) is 14.2 Å². The van der Waals surface area contributed by atoms with Crippen molar-refractivity contribution in [2.24, 2.45) is 5.92 Å². The molecular weight excluding hydrogens is 234 g/mol. The maximum Gasteiger partial charge on any atom is 0.249 e. The Hall–Kier alpha value is -2.04. The third-order valence-electron chi connectivity index (χ3n) is 2.55. The number of hydrogen-bond donors (Lipinski definition) is 0. The van der Waals surface area contributed by atoms with Crippen molar-refractivity contribution in [3.8, 4) is 11.5 Å². The first kappa shape index (κ1) is 14.0. The maximum absolute atomic E-state index is 10.9.